The van der Waals surface area contributed by atoms with Gasteiger partial charge in [0.25, 0.3) is 0 Å². The lowest BCUT2D eigenvalue weighted by Crippen LogP contribution is -2.17. The molecule has 0 unspecified atom stereocenters. The number of benzene rings is 1. The fourth-order valence-electron chi connectivity index (χ4n) is 2.14. The number of hydrogen-bond donors (Lipinski definition) is 1. The van der Waals surface area contributed by atoms with Crippen LogP contribution in [0.1, 0.15) is 37.9 Å². The molecule has 0 radical (unpaired) electrons. The molecule has 4 nitrogen and oxygen atoms in total. The molecule has 1 aromatic carbocycles. The highest BCUT2D eigenvalue weighted by Crippen LogP contribution is 2.24. The Morgan fingerprint density at radius 2 is 1.93 bits per heavy atom. The van der Waals surface area contributed by atoms with Crippen LogP contribution in [-0.2, 0) is 0 Å². The number of nitrogens with zero attached hydrogens (tertiary/aromatic N) is 2. The van der Waals surface area contributed by atoms with E-state index in [2.05, 4.69) is 27.0 Å². The molecule has 0 aliphatic heterocycles. The lowest BCUT2D eigenvalue weighted by molar-refractivity contribution is -0.274. The van der Waals surface area contributed by atoms with E-state index in [1.165, 1.54) is 24.3 Å². The van der Waals surface area contributed by atoms with E-state index in [0.29, 0.717) is 11.4 Å². The normalized spacial score (nSPS) is 13.6. The van der Waals surface area contributed by atoms with Crippen molar-refractivity contribution in [2.45, 2.75) is 40.5 Å². The first-order chi connectivity index (χ1) is 13.2. The number of halogens is 3. The summed E-state index contributed by atoms with van der Waals surface area (Å²) in [6, 6.07) is 5.55. The summed E-state index contributed by atoms with van der Waals surface area (Å²) in [6.07, 6.45) is -0.128. The quantitative estimate of drug-likeness (QED) is 0.533. The highest BCUT2D eigenvalue weighted by Gasteiger charge is 2.30. The number of ether oxygens (including phenoxy) is 1. The van der Waals surface area contributed by atoms with Crippen LogP contribution in [0.2, 0.25) is 0 Å². The van der Waals surface area contributed by atoms with Gasteiger partial charge >= 0.3 is 6.36 Å². The Bertz CT molecular complexity index is 881. The Labute approximate surface area is 166 Å². The maximum Gasteiger partial charge on any atom is 0.573 e. The summed E-state index contributed by atoms with van der Waals surface area (Å²) in [5.74, 6) is -0.264. The third-order valence-electron chi connectivity index (χ3n) is 3.65. The molecule has 0 saturated carbocycles. The summed E-state index contributed by atoms with van der Waals surface area (Å²) in [7, 11) is 0. The van der Waals surface area contributed by atoms with Gasteiger partial charge in [-0.15, -0.1) is 24.5 Å². The summed E-state index contributed by atoms with van der Waals surface area (Å²) in [4.78, 5) is 9.04. The highest BCUT2D eigenvalue weighted by molar-refractivity contribution is 7.09. The van der Waals surface area contributed by atoms with Gasteiger partial charge in [0.2, 0.25) is 0 Å². The molecule has 0 amide bonds. The molecular weight excluding hydrogens is 387 g/mol. The van der Waals surface area contributed by atoms with Gasteiger partial charge in [-0.1, -0.05) is 12.5 Å². The van der Waals surface area contributed by atoms with Crippen molar-refractivity contribution in [2.24, 2.45) is 4.99 Å². The van der Waals surface area contributed by atoms with Crippen molar-refractivity contribution >= 4 is 22.7 Å². The zero-order valence-corrected chi connectivity index (χ0v) is 16.9. The van der Waals surface area contributed by atoms with Gasteiger partial charge in [-0.2, -0.15) is 0 Å². The Kier molecular flexibility index (Phi) is 7.39. The molecule has 0 saturated heterocycles. The minimum Gasteiger partial charge on any atom is -0.406 e. The topological polar surface area (TPSA) is 46.5 Å². The molecule has 1 heterocycles. The summed E-state index contributed by atoms with van der Waals surface area (Å²) < 4.78 is 40.6. The number of thiazole rings is 1. The predicted molar refractivity (Wildman–Crippen MR) is 108 cm³/mol. The number of nitrogens with one attached hydrogen (secondary N) is 1. The van der Waals surface area contributed by atoms with Crippen LogP contribution < -0.4 is 10.1 Å². The van der Waals surface area contributed by atoms with Gasteiger partial charge < -0.3 is 10.1 Å². The molecule has 150 valence electrons. The first kappa shape index (κ1) is 21.7. The number of aromatic nitrogens is 1. The van der Waals surface area contributed by atoms with E-state index in [4.69, 9.17) is 0 Å². The summed E-state index contributed by atoms with van der Waals surface area (Å²) in [5, 5.41) is 6.02. The molecule has 0 spiro atoms. The van der Waals surface area contributed by atoms with Crippen molar-refractivity contribution in [1.29, 1.82) is 0 Å². The van der Waals surface area contributed by atoms with Crippen LogP contribution in [0.5, 0.6) is 5.75 Å². The highest BCUT2D eigenvalue weighted by atomic mass is 32.1. The molecule has 0 fully saturated rings. The second-order valence-electron chi connectivity index (χ2n) is 6.12. The fraction of sp³-hybridized carbons (Fsp3) is 0.300. The van der Waals surface area contributed by atoms with Crippen molar-refractivity contribution in [3.63, 3.8) is 0 Å². The molecule has 0 bridgehead atoms. The van der Waals surface area contributed by atoms with Gasteiger partial charge in [-0.05, 0) is 57.5 Å². The molecular formula is C20H22F3N3OS. The maximum atomic E-state index is 12.2. The van der Waals surface area contributed by atoms with Crippen LogP contribution in [0.4, 0.5) is 18.9 Å². The van der Waals surface area contributed by atoms with Crippen LogP contribution in [0.15, 0.2) is 58.2 Å². The molecule has 28 heavy (non-hydrogen) atoms. The van der Waals surface area contributed by atoms with Crippen LogP contribution in [0.3, 0.4) is 0 Å². The number of alkyl halides is 3. The number of rotatable bonds is 7. The monoisotopic (exact) mass is 409 g/mol. The number of allylic oxidation sites excluding steroid dienone is 3. The fourth-order valence-corrected chi connectivity index (χ4v) is 2.74. The molecule has 2 rings (SSSR count). The van der Waals surface area contributed by atoms with E-state index in [-0.39, 0.29) is 5.75 Å². The van der Waals surface area contributed by atoms with Crippen LogP contribution in [0, 0.1) is 6.92 Å². The van der Waals surface area contributed by atoms with Gasteiger partial charge in [-0.3, -0.25) is 4.99 Å². The summed E-state index contributed by atoms with van der Waals surface area (Å²) >= 11 is 1.54. The Morgan fingerprint density at radius 3 is 2.46 bits per heavy atom. The molecule has 1 aromatic heterocycles. The smallest absolute Gasteiger partial charge is 0.406 e. The lowest BCUT2D eigenvalue weighted by Gasteiger charge is -2.11. The van der Waals surface area contributed by atoms with Crippen molar-refractivity contribution in [3.05, 3.63) is 63.9 Å². The van der Waals surface area contributed by atoms with Gasteiger partial charge in [-0.25, -0.2) is 4.98 Å². The van der Waals surface area contributed by atoms with Crippen molar-refractivity contribution < 1.29 is 17.9 Å². The third kappa shape index (κ3) is 7.19. The lowest BCUT2D eigenvalue weighted by atomic mass is 10.2. The number of aryl methyl sites for hydroxylation is 1. The molecule has 8 heteroatoms. The van der Waals surface area contributed by atoms with E-state index in [1.54, 1.807) is 11.3 Å². The maximum absolute atomic E-state index is 12.2. The largest absolute Gasteiger partial charge is 0.573 e. The van der Waals surface area contributed by atoms with Gasteiger partial charge in [0.1, 0.15) is 5.75 Å². The van der Waals surface area contributed by atoms with Crippen molar-refractivity contribution in [1.82, 2.24) is 4.98 Å². The van der Waals surface area contributed by atoms with Crippen LogP contribution >= 0.6 is 11.3 Å². The van der Waals surface area contributed by atoms with E-state index >= 15 is 0 Å². The van der Waals surface area contributed by atoms with E-state index in [9.17, 15) is 13.2 Å². The summed E-state index contributed by atoms with van der Waals surface area (Å²) in [6.45, 7) is 7.85. The standard InChI is InChI=1S/C20H22F3N3OS/c1-5-13(2)11-24-18(19-12-28-15(4)26-19)10-14(3)25-16-6-8-17(9-7-16)27-20(21,22)23/h6-12,25H,5H2,1-4H3/b13-11+,14-10+,24-18+. The molecule has 0 atom stereocenters. The number of aliphatic imine (C=N–C) groups is 1. The van der Waals surface area contributed by atoms with Crippen molar-refractivity contribution in [2.75, 3.05) is 5.32 Å². The van der Waals surface area contributed by atoms with Crippen LogP contribution in [-0.4, -0.2) is 17.1 Å². The van der Waals surface area contributed by atoms with Crippen molar-refractivity contribution in [3.8, 4) is 5.75 Å². The van der Waals surface area contributed by atoms with E-state index in [0.717, 1.165) is 28.4 Å². The molecule has 0 aliphatic rings. The van der Waals surface area contributed by atoms with E-state index < -0.39 is 6.36 Å². The predicted octanol–water partition coefficient (Wildman–Crippen LogP) is 6.47. The SMILES string of the molecule is CC/C(C)=C/N=C(\C=C(/C)Nc1ccc(OC(F)(F)F)cc1)c1csc(C)n1. The minimum atomic E-state index is -4.70. The first-order valence-electron chi connectivity index (χ1n) is 8.63. The molecule has 2 aromatic rings. The number of anilines is 1. The van der Waals surface area contributed by atoms with E-state index in [1.807, 2.05) is 38.4 Å². The first-order valence-corrected chi connectivity index (χ1v) is 9.51. The second-order valence-corrected chi connectivity index (χ2v) is 7.18. The van der Waals surface area contributed by atoms with Gasteiger partial charge in [0.15, 0.2) is 0 Å². The minimum absolute atomic E-state index is 0.264. The Hall–Kier alpha value is -2.61. The average molecular weight is 409 g/mol. The van der Waals surface area contributed by atoms with Gasteiger partial charge in [0, 0.05) is 23.0 Å². The zero-order chi connectivity index (χ0) is 20.7. The number of hydrogen-bond acceptors (Lipinski definition) is 5. The third-order valence-corrected chi connectivity index (χ3v) is 4.42. The molecule has 1 N–H and O–H groups in total. The van der Waals surface area contributed by atoms with Crippen LogP contribution in [0.25, 0.3) is 0 Å². The zero-order valence-electron chi connectivity index (χ0n) is 16.1. The second kappa shape index (κ2) is 9.54. The average Bonchev–Trinajstić information content (AvgIpc) is 3.05. The Balaban J connectivity index is 2.19. The molecule has 0 aliphatic carbocycles. The Morgan fingerprint density at radius 1 is 1.25 bits per heavy atom. The summed E-state index contributed by atoms with van der Waals surface area (Å²) in [5.41, 5.74) is 4.04. The van der Waals surface area contributed by atoms with Gasteiger partial charge in [0.05, 0.1) is 16.4 Å².